The molecule has 0 amide bonds. The number of hydrogen-bond acceptors (Lipinski definition) is 4. The molecule has 0 spiro atoms. The summed E-state index contributed by atoms with van der Waals surface area (Å²) in [6.07, 6.45) is 0. The van der Waals surface area contributed by atoms with E-state index in [4.69, 9.17) is 14.2 Å². The second kappa shape index (κ2) is 8.86. The predicted molar refractivity (Wildman–Crippen MR) is 92.9 cm³/mol. The van der Waals surface area contributed by atoms with Crippen LogP contribution in [0.15, 0.2) is 10.7 Å². The summed E-state index contributed by atoms with van der Waals surface area (Å²) >= 11 is 3.48. The van der Waals surface area contributed by atoms with E-state index in [1.54, 1.807) is 20.1 Å². The summed E-state index contributed by atoms with van der Waals surface area (Å²) in [6.45, 7) is 10.5. The third-order valence-corrected chi connectivity index (χ3v) is 5.51. The molecule has 5 nitrogen and oxygen atoms in total. The number of carbonyl (C=O) groups excluding carboxylic acids is 1. The lowest BCUT2D eigenvalue weighted by Gasteiger charge is -2.17. The molecule has 0 aliphatic rings. The summed E-state index contributed by atoms with van der Waals surface area (Å²) in [4.78, 5) is 12.0. The normalized spacial score (nSPS) is 11.7. The molecule has 0 aliphatic carbocycles. The Morgan fingerprint density at radius 1 is 1.36 bits per heavy atom. The van der Waals surface area contributed by atoms with Crippen molar-refractivity contribution in [3.05, 3.63) is 21.9 Å². The van der Waals surface area contributed by atoms with Crippen molar-refractivity contribution < 1.29 is 19.0 Å². The van der Waals surface area contributed by atoms with Crippen LogP contribution < -0.4 is 0 Å². The Morgan fingerprint density at radius 2 is 2.05 bits per heavy atom. The fourth-order valence-electron chi connectivity index (χ4n) is 1.91. The third-order valence-electron chi connectivity index (χ3n) is 3.15. The van der Waals surface area contributed by atoms with E-state index in [1.807, 2.05) is 4.57 Å². The van der Waals surface area contributed by atoms with E-state index >= 15 is 0 Å². The number of halogens is 1. The van der Waals surface area contributed by atoms with Gasteiger partial charge in [-0.3, -0.25) is 0 Å². The molecule has 1 aromatic heterocycles. The van der Waals surface area contributed by atoms with E-state index in [-0.39, 0.29) is 5.97 Å². The van der Waals surface area contributed by atoms with Crippen molar-refractivity contribution in [1.82, 2.24) is 4.57 Å². The highest BCUT2D eigenvalue weighted by Crippen LogP contribution is 2.23. The zero-order chi connectivity index (χ0) is 16.8. The smallest absolute Gasteiger partial charge is 0.340 e. The molecule has 0 bridgehead atoms. The Balaban J connectivity index is 2.82. The Morgan fingerprint density at radius 3 is 2.59 bits per heavy atom. The van der Waals surface area contributed by atoms with Gasteiger partial charge < -0.3 is 18.8 Å². The largest absolute Gasteiger partial charge is 0.462 e. The molecule has 1 rings (SSSR count). The molecule has 0 aromatic carbocycles. The summed E-state index contributed by atoms with van der Waals surface area (Å²) in [5.74, 6) is -0.337. The van der Waals surface area contributed by atoms with Crippen LogP contribution >= 0.6 is 15.9 Å². The van der Waals surface area contributed by atoms with Crippen LogP contribution in [0.1, 0.15) is 23.0 Å². The monoisotopic (exact) mass is 391 g/mol. The highest BCUT2D eigenvalue weighted by Gasteiger charge is 2.20. The fourth-order valence-corrected chi connectivity index (χ4v) is 3.21. The fraction of sp³-hybridized carbons (Fsp3) is 0.667. The van der Waals surface area contributed by atoms with Crippen molar-refractivity contribution in [3.8, 4) is 0 Å². The minimum absolute atomic E-state index is 0.330. The van der Waals surface area contributed by atoms with Gasteiger partial charge in [-0.1, -0.05) is 19.6 Å². The number of hydrogen-bond donors (Lipinski definition) is 0. The summed E-state index contributed by atoms with van der Waals surface area (Å²) in [5, 5.41) is 0. The molecular formula is C15H26BrNO4Si. The van der Waals surface area contributed by atoms with Crippen LogP contribution in [0.5, 0.6) is 0 Å². The van der Waals surface area contributed by atoms with E-state index in [9.17, 15) is 4.79 Å². The first kappa shape index (κ1) is 19.4. The molecule has 1 heterocycles. The second-order valence-electron chi connectivity index (χ2n) is 6.26. The van der Waals surface area contributed by atoms with Crippen molar-refractivity contribution in [2.24, 2.45) is 0 Å². The van der Waals surface area contributed by atoms with Crippen LogP contribution in [0.2, 0.25) is 25.7 Å². The number of esters is 1. The van der Waals surface area contributed by atoms with Crippen LogP contribution in [0.25, 0.3) is 0 Å². The number of ether oxygens (including phenoxy) is 3. The minimum Gasteiger partial charge on any atom is -0.462 e. The number of methoxy groups -OCH3 is 1. The predicted octanol–water partition coefficient (Wildman–Crippen LogP) is 3.89. The van der Waals surface area contributed by atoms with Crippen molar-refractivity contribution >= 4 is 30.0 Å². The second-order valence-corrected chi connectivity index (χ2v) is 12.7. The topological polar surface area (TPSA) is 49.7 Å². The van der Waals surface area contributed by atoms with Crippen LogP contribution in [0.3, 0.4) is 0 Å². The van der Waals surface area contributed by atoms with Gasteiger partial charge in [0.1, 0.15) is 6.73 Å². The molecular weight excluding hydrogens is 366 g/mol. The van der Waals surface area contributed by atoms with Gasteiger partial charge in [0.25, 0.3) is 0 Å². The van der Waals surface area contributed by atoms with E-state index < -0.39 is 8.07 Å². The van der Waals surface area contributed by atoms with Crippen LogP contribution in [-0.2, 0) is 27.5 Å². The van der Waals surface area contributed by atoms with E-state index in [0.717, 1.165) is 22.9 Å². The number of aromatic nitrogens is 1. The van der Waals surface area contributed by atoms with Gasteiger partial charge in [0.2, 0.25) is 0 Å². The van der Waals surface area contributed by atoms with Crippen molar-refractivity contribution in [3.63, 3.8) is 0 Å². The molecule has 0 saturated heterocycles. The number of nitrogens with zero attached hydrogens (tertiary/aromatic N) is 1. The lowest BCUT2D eigenvalue weighted by Crippen LogP contribution is -2.22. The van der Waals surface area contributed by atoms with E-state index in [0.29, 0.717) is 25.5 Å². The highest BCUT2D eigenvalue weighted by molar-refractivity contribution is 9.10. The summed E-state index contributed by atoms with van der Waals surface area (Å²) < 4.78 is 18.8. The molecule has 0 fully saturated rings. The highest BCUT2D eigenvalue weighted by atomic mass is 79.9. The molecule has 22 heavy (non-hydrogen) atoms. The van der Waals surface area contributed by atoms with Crippen LogP contribution in [-0.4, -0.2) is 38.9 Å². The van der Waals surface area contributed by atoms with E-state index in [1.165, 1.54) is 0 Å². The maximum absolute atomic E-state index is 12.0. The van der Waals surface area contributed by atoms with Crippen molar-refractivity contribution in [2.75, 3.05) is 20.3 Å². The molecule has 0 unspecified atom stereocenters. The Kier molecular flexibility index (Phi) is 7.82. The Hall–Kier alpha value is -0.633. The molecule has 7 heteroatoms. The van der Waals surface area contributed by atoms with Crippen LogP contribution in [0, 0.1) is 0 Å². The first-order valence-corrected chi connectivity index (χ1v) is 11.9. The average molecular weight is 392 g/mol. The summed E-state index contributed by atoms with van der Waals surface area (Å²) in [6, 6.07) is 2.87. The van der Waals surface area contributed by atoms with Crippen LogP contribution in [0.4, 0.5) is 0 Å². The summed E-state index contributed by atoms with van der Waals surface area (Å²) in [5.41, 5.74) is 1.28. The Labute approximate surface area is 142 Å². The van der Waals surface area contributed by atoms with Gasteiger partial charge in [-0.05, 0) is 35.0 Å². The van der Waals surface area contributed by atoms with Gasteiger partial charge in [-0.15, -0.1) is 0 Å². The number of carbonyl (C=O) groups is 1. The van der Waals surface area contributed by atoms with Gasteiger partial charge in [0.15, 0.2) is 0 Å². The quantitative estimate of drug-likeness (QED) is 0.364. The summed E-state index contributed by atoms with van der Waals surface area (Å²) in [7, 11) is 0.497. The lowest BCUT2D eigenvalue weighted by molar-refractivity contribution is 0.0515. The van der Waals surface area contributed by atoms with Gasteiger partial charge in [-0.2, -0.15) is 0 Å². The molecule has 0 radical (unpaired) electrons. The van der Waals surface area contributed by atoms with Gasteiger partial charge in [-0.25, -0.2) is 4.79 Å². The molecule has 126 valence electrons. The van der Waals surface area contributed by atoms with Gasteiger partial charge >= 0.3 is 5.97 Å². The van der Waals surface area contributed by atoms with E-state index in [2.05, 4.69) is 35.6 Å². The molecule has 1 aromatic rings. The molecule has 0 aliphatic heterocycles. The van der Waals surface area contributed by atoms with Crippen molar-refractivity contribution in [2.45, 2.75) is 45.9 Å². The minimum atomic E-state index is -1.11. The first-order valence-electron chi connectivity index (χ1n) is 7.42. The van der Waals surface area contributed by atoms with Gasteiger partial charge in [0, 0.05) is 21.8 Å². The zero-order valence-electron chi connectivity index (χ0n) is 14.1. The first-order chi connectivity index (χ1) is 10.3. The third kappa shape index (κ3) is 5.87. The lowest BCUT2D eigenvalue weighted by atomic mass is 10.2. The zero-order valence-corrected chi connectivity index (χ0v) is 16.7. The molecule has 0 saturated carbocycles. The molecule has 0 atom stereocenters. The SMILES string of the molecule is CCOC(=O)c1cc(Br)n(COCC[Si](C)(C)C)c1COC. The average Bonchev–Trinajstić information content (AvgIpc) is 2.72. The Bertz CT molecular complexity index is 496. The van der Waals surface area contributed by atoms with Gasteiger partial charge in [0.05, 0.1) is 29.1 Å². The standard InChI is InChI=1S/C15H26BrNO4Si/c1-6-21-15(18)12-9-14(16)17(13(12)10-19-2)11-20-7-8-22(3,4)5/h9H,6-8,10-11H2,1-5H3. The van der Waals surface area contributed by atoms with Crippen molar-refractivity contribution in [1.29, 1.82) is 0 Å². The molecule has 0 N–H and O–H groups in total. The maximum atomic E-state index is 12.0. The maximum Gasteiger partial charge on any atom is 0.340 e. The number of rotatable bonds is 9.